The first-order chi connectivity index (χ1) is 11.3. The molecule has 0 N–H and O–H groups in total. The Hall–Kier alpha value is -1.65. The summed E-state index contributed by atoms with van der Waals surface area (Å²) in [6.07, 6.45) is 0.924. The van der Waals surface area contributed by atoms with Gasteiger partial charge in [-0.15, -0.1) is 0 Å². The lowest BCUT2D eigenvalue weighted by atomic mass is 10.1. The molecule has 0 aliphatic rings. The highest BCUT2D eigenvalue weighted by Crippen LogP contribution is 2.32. The lowest BCUT2D eigenvalue weighted by Crippen LogP contribution is -2.31. The molecule has 1 aromatic rings. The van der Waals surface area contributed by atoms with E-state index in [1.807, 2.05) is 0 Å². The van der Waals surface area contributed by atoms with Gasteiger partial charge >= 0.3 is 0 Å². The highest BCUT2D eigenvalue weighted by molar-refractivity contribution is 7.92. The van der Waals surface area contributed by atoms with Gasteiger partial charge in [-0.25, -0.2) is 21.1 Å². The van der Waals surface area contributed by atoms with Crippen molar-refractivity contribution in [2.24, 2.45) is 0 Å². The summed E-state index contributed by atoms with van der Waals surface area (Å²) in [4.78, 5) is 10.4. The third kappa shape index (κ3) is 4.93. The Labute approximate surface area is 149 Å². The zero-order valence-electron chi connectivity index (χ0n) is 14.9. The number of benzene rings is 1. The van der Waals surface area contributed by atoms with Crippen molar-refractivity contribution in [3.8, 4) is 0 Å². The van der Waals surface area contributed by atoms with E-state index >= 15 is 0 Å². The first-order valence-corrected chi connectivity index (χ1v) is 10.8. The number of hydrogen-bond acceptors (Lipinski definition) is 6. The van der Waals surface area contributed by atoms with Crippen molar-refractivity contribution in [2.45, 2.75) is 31.6 Å². The SMILES string of the molecule is Cc1ccc(S(=O)(=O)N(C)CCCC(=O)[O-])c(C)c1N(C)S(C)(=O)=O. The minimum atomic E-state index is -3.89. The minimum absolute atomic E-state index is 0.0143. The van der Waals surface area contributed by atoms with Crippen LogP contribution in [0.25, 0.3) is 0 Å². The van der Waals surface area contributed by atoms with E-state index in [0.717, 1.165) is 14.9 Å². The van der Waals surface area contributed by atoms with Gasteiger partial charge in [0.25, 0.3) is 0 Å². The number of carboxylic acids is 1. The fraction of sp³-hybridized carbons (Fsp3) is 0.533. The molecule has 0 saturated heterocycles. The molecule has 0 radical (unpaired) electrons. The van der Waals surface area contributed by atoms with Crippen molar-refractivity contribution in [1.82, 2.24) is 4.31 Å². The van der Waals surface area contributed by atoms with E-state index in [4.69, 9.17) is 0 Å². The molecular formula is C15H23N2O6S2-. The molecule has 0 amide bonds. The van der Waals surface area contributed by atoms with Gasteiger partial charge < -0.3 is 9.90 Å². The molecule has 8 nitrogen and oxygen atoms in total. The molecule has 0 aliphatic carbocycles. The number of sulfonamides is 2. The molecule has 25 heavy (non-hydrogen) atoms. The summed E-state index contributed by atoms with van der Waals surface area (Å²) in [5, 5.41) is 10.5. The average Bonchev–Trinajstić information content (AvgIpc) is 2.45. The Kier molecular flexibility index (Phi) is 6.60. The topological polar surface area (TPSA) is 115 Å². The van der Waals surface area contributed by atoms with Crippen molar-refractivity contribution in [3.05, 3.63) is 23.3 Å². The second kappa shape index (κ2) is 7.71. The van der Waals surface area contributed by atoms with E-state index in [2.05, 4.69) is 0 Å². The van der Waals surface area contributed by atoms with Crippen molar-refractivity contribution >= 4 is 31.7 Å². The van der Waals surface area contributed by atoms with E-state index in [1.54, 1.807) is 19.9 Å². The van der Waals surface area contributed by atoms with E-state index in [1.165, 1.54) is 20.2 Å². The van der Waals surface area contributed by atoms with Crippen LogP contribution in [0.4, 0.5) is 5.69 Å². The molecule has 0 saturated carbocycles. The summed E-state index contributed by atoms with van der Waals surface area (Å²) in [5.74, 6) is -1.24. The first-order valence-electron chi connectivity index (χ1n) is 7.50. The monoisotopic (exact) mass is 391 g/mol. The molecule has 1 rings (SSSR count). The van der Waals surface area contributed by atoms with Crippen LogP contribution < -0.4 is 9.41 Å². The van der Waals surface area contributed by atoms with Gasteiger partial charge in [0.15, 0.2) is 0 Å². The third-order valence-electron chi connectivity index (χ3n) is 3.94. The number of nitrogens with zero attached hydrogens (tertiary/aromatic N) is 2. The summed E-state index contributed by atoms with van der Waals surface area (Å²) in [6.45, 7) is 3.26. The second-order valence-corrected chi connectivity index (χ2v) is 9.91. The number of carbonyl (C=O) groups is 1. The van der Waals surface area contributed by atoms with E-state index in [-0.39, 0.29) is 24.3 Å². The Balaban J connectivity index is 3.32. The Morgan fingerprint density at radius 1 is 1.12 bits per heavy atom. The lowest BCUT2D eigenvalue weighted by molar-refractivity contribution is -0.305. The van der Waals surface area contributed by atoms with Gasteiger partial charge in [0, 0.05) is 26.6 Å². The fourth-order valence-electron chi connectivity index (χ4n) is 2.48. The zero-order chi connectivity index (χ0) is 19.6. The van der Waals surface area contributed by atoms with E-state index in [0.29, 0.717) is 16.8 Å². The number of hydrogen-bond donors (Lipinski definition) is 0. The molecule has 0 bridgehead atoms. The minimum Gasteiger partial charge on any atom is -0.550 e. The normalized spacial score (nSPS) is 12.4. The Bertz CT molecular complexity index is 862. The van der Waals surface area contributed by atoms with Crippen LogP contribution in [0.2, 0.25) is 0 Å². The molecular weight excluding hydrogens is 368 g/mol. The molecule has 0 aromatic heterocycles. The average molecular weight is 391 g/mol. The Morgan fingerprint density at radius 3 is 2.16 bits per heavy atom. The highest BCUT2D eigenvalue weighted by Gasteiger charge is 2.27. The van der Waals surface area contributed by atoms with Gasteiger partial charge in [0.2, 0.25) is 20.0 Å². The molecule has 1 aromatic carbocycles. The van der Waals surface area contributed by atoms with Gasteiger partial charge in [0.1, 0.15) is 0 Å². The fourth-order valence-corrected chi connectivity index (χ4v) is 4.52. The summed E-state index contributed by atoms with van der Waals surface area (Å²) in [6, 6.07) is 2.97. The summed E-state index contributed by atoms with van der Waals surface area (Å²) in [5.41, 5.74) is 1.26. The van der Waals surface area contributed by atoms with Crippen LogP contribution >= 0.6 is 0 Å². The van der Waals surface area contributed by atoms with Crippen molar-refractivity contribution in [2.75, 3.05) is 31.2 Å². The predicted octanol–water partition coefficient (Wildman–Crippen LogP) is -0.150. The van der Waals surface area contributed by atoms with Crippen molar-refractivity contribution in [1.29, 1.82) is 0 Å². The maximum absolute atomic E-state index is 12.8. The zero-order valence-corrected chi connectivity index (χ0v) is 16.6. The maximum Gasteiger partial charge on any atom is 0.243 e. The predicted molar refractivity (Wildman–Crippen MR) is 93.2 cm³/mol. The largest absolute Gasteiger partial charge is 0.550 e. The molecule has 0 fully saturated rings. The highest BCUT2D eigenvalue weighted by atomic mass is 32.2. The maximum atomic E-state index is 12.8. The molecule has 0 atom stereocenters. The van der Waals surface area contributed by atoms with Crippen LogP contribution in [0, 0.1) is 13.8 Å². The number of rotatable bonds is 8. The molecule has 0 heterocycles. The van der Waals surface area contributed by atoms with Crippen LogP contribution in [-0.2, 0) is 24.8 Å². The molecule has 0 aliphatic heterocycles. The van der Waals surface area contributed by atoms with Gasteiger partial charge in [-0.1, -0.05) is 6.07 Å². The van der Waals surface area contributed by atoms with Crippen LogP contribution in [0.1, 0.15) is 24.0 Å². The van der Waals surface area contributed by atoms with E-state index < -0.39 is 26.0 Å². The second-order valence-electron chi connectivity index (χ2n) is 5.89. The number of carbonyl (C=O) groups excluding carboxylic acids is 1. The molecule has 0 unspecified atom stereocenters. The summed E-state index contributed by atoms with van der Waals surface area (Å²) >= 11 is 0. The van der Waals surface area contributed by atoms with Crippen LogP contribution in [0.3, 0.4) is 0 Å². The van der Waals surface area contributed by atoms with Crippen LogP contribution in [-0.4, -0.2) is 54.0 Å². The van der Waals surface area contributed by atoms with Gasteiger partial charge in [-0.2, -0.15) is 0 Å². The number of aryl methyl sites for hydroxylation is 1. The van der Waals surface area contributed by atoms with Crippen LogP contribution in [0.5, 0.6) is 0 Å². The third-order valence-corrected chi connectivity index (χ3v) is 7.12. The number of carboxylic acid groups (broad SMARTS) is 1. The van der Waals surface area contributed by atoms with Crippen molar-refractivity contribution < 1.29 is 26.7 Å². The van der Waals surface area contributed by atoms with Gasteiger partial charge in [-0.05, 0) is 43.9 Å². The van der Waals surface area contributed by atoms with Crippen LogP contribution in [0.15, 0.2) is 17.0 Å². The standard InChI is InChI=1S/C15H24N2O6S2/c1-11-8-9-13(12(2)15(11)17(4)24(5,20)21)25(22,23)16(3)10-6-7-14(18)19/h8-9H,6-7,10H2,1-5H3,(H,18,19)/p-1. The quantitative estimate of drug-likeness (QED) is 0.609. The number of aliphatic carboxylic acids is 1. The van der Waals surface area contributed by atoms with Gasteiger partial charge in [0.05, 0.1) is 16.8 Å². The summed E-state index contributed by atoms with van der Waals surface area (Å²) in [7, 11) is -4.72. The van der Waals surface area contributed by atoms with E-state index in [9.17, 15) is 26.7 Å². The molecule has 10 heteroatoms. The lowest BCUT2D eigenvalue weighted by Gasteiger charge is -2.25. The molecule has 142 valence electrons. The first kappa shape index (κ1) is 21.4. The molecule has 0 spiro atoms. The number of anilines is 1. The summed E-state index contributed by atoms with van der Waals surface area (Å²) < 4.78 is 51.3. The Morgan fingerprint density at radius 2 is 1.68 bits per heavy atom. The van der Waals surface area contributed by atoms with Gasteiger partial charge in [-0.3, -0.25) is 4.31 Å². The van der Waals surface area contributed by atoms with Crippen molar-refractivity contribution in [3.63, 3.8) is 0 Å². The smallest absolute Gasteiger partial charge is 0.243 e.